The predicted molar refractivity (Wildman–Crippen MR) is 67.9 cm³/mol. The standard InChI is InChI=1S/C12H16ClN3O/c1-12(2,4-6-17)8-16-11-10(13)9(7-14)3-5-15-11/h3,5,17H,4,6,8H2,1-2H3,(H,15,16). The highest BCUT2D eigenvalue weighted by Crippen LogP contribution is 2.25. The zero-order chi connectivity index (χ0) is 12.9. The number of nitrogens with one attached hydrogen (secondary N) is 1. The number of nitrogens with zero attached hydrogens (tertiary/aromatic N) is 2. The summed E-state index contributed by atoms with van der Waals surface area (Å²) in [4.78, 5) is 4.09. The fourth-order valence-corrected chi connectivity index (χ4v) is 1.59. The second-order valence-electron chi connectivity index (χ2n) is 4.62. The monoisotopic (exact) mass is 253 g/mol. The lowest BCUT2D eigenvalue weighted by molar-refractivity contribution is 0.220. The molecule has 0 aliphatic rings. The summed E-state index contributed by atoms with van der Waals surface area (Å²) in [6.45, 7) is 4.86. The Bertz CT molecular complexity index is 426. The maximum atomic E-state index is 8.92. The Balaban J connectivity index is 2.74. The van der Waals surface area contributed by atoms with Crippen molar-refractivity contribution in [2.75, 3.05) is 18.5 Å². The van der Waals surface area contributed by atoms with Crippen molar-refractivity contribution in [3.63, 3.8) is 0 Å². The van der Waals surface area contributed by atoms with E-state index in [0.717, 1.165) is 0 Å². The van der Waals surface area contributed by atoms with Gasteiger partial charge >= 0.3 is 0 Å². The summed E-state index contributed by atoms with van der Waals surface area (Å²) in [5, 5.41) is 21.2. The van der Waals surface area contributed by atoms with Gasteiger partial charge in [0.1, 0.15) is 16.9 Å². The molecule has 4 nitrogen and oxygen atoms in total. The molecule has 0 aromatic carbocycles. The number of hydrogen-bond acceptors (Lipinski definition) is 4. The van der Waals surface area contributed by atoms with Crippen molar-refractivity contribution in [3.05, 3.63) is 22.8 Å². The van der Waals surface area contributed by atoms with E-state index in [9.17, 15) is 0 Å². The first kappa shape index (κ1) is 13.8. The lowest BCUT2D eigenvalue weighted by Crippen LogP contribution is -2.24. The molecule has 1 aromatic rings. The molecule has 1 rings (SSSR count). The van der Waals surface area contributed by atoms with Crippen LogP contribution in [0.1, 0.15) is 25.8 Å². The summed E-state index contributed by atoms with van der Waals surface area (Å²) in [6.07, 6.45) is 2.24. The Kier molecular flexibility index (Phi) is 4.73. The van der Waals surface area contributed by atoms with E-state index in [2.05, 4.69) is 10.3 Å². The minimum Gasteiger partial charge on any atom is -0.396 e. The highest BCUT2D eigenvalue weighted by molar-refractivity contribution is 6.34. The van der Waals surface area contributed by atoms with Gasteiger partial charge in [-0.1, -0.05) is 25.4 Å². The lowest BCUT2D eigenvalue weighted by atomic mass is 9.90. The van der Waals surface area contributed by atoms with Crippen LogP contribution in [0, 0.1) is 16.7 Å². The van der Waals surface area contributed by atoms with Crippen LogP contribution in [0.2, 0.25) is 5.02 Å². The summed E-state index contributed by atoms with van der Waals surface area (Å²) in [6, 6.07) is 3.58. The van der Waals surface area contributed by atoms with Gasteiger partial charge < -0.3 is 10.4 Å². The lowest BCUT2D eigenvalue weighted by Gasteiger charge is -2.24. The van der Waals surface area contributed by atoms with Crippen molar-refractivity contribution in [2.45, 2.75) is 20.3 Å². The summed E-state index contributed by atoms with van der Waals surface area (Å²) >= 11 is 6.02. The van der Waals surface area contributed by atoms with Crippen molar-refractivity contribution in [3.8, 4) is 6.07 Å². The first-order chi connectivity index (χ1) is 8.00. The van der Waals surface area contributed by atoms with Crippen LogP contribution in [0.3, 0.4) is 0 Å². The normalized spacial score (nSPS) is 11.0. The third-order valence-electron chi connectivity index (χ3n) is 2.53. The number of rotatable bonds is 5. The molecular formula is C12H16ClN3O. The molecule has 0 fully saturated rings. The summed E-state index contributed by atoms with van der Waals surface area (Å²) in [7, 11) is 0. The molecule has 2 N–H and O–H groups in total. The van der Waals surface area contributed by atoms with Gasteiger partial charge in [0.2, 0.25) is 0 Å². The first-order valence-electron chi connectivity index (χ1n) is 5.39. The fourth-order valence-electron chi connectivity index (χ4n) is 1.37. The topological polar surface area (TPSA) is 68.9 Å². The minimum atomic E-state index is -0.0532. The molecule has 0 aliphatic carbocycles. The fraction of sp³-hybridized carbons (Fsp3) is 0.500. The Morgan fingerprint density at radius 3 is 2.88 bits per heavy atom. The number of nitriles is 1. The number of pyridine rings is 1. The quantitative estimate of drug-likeness (QED) is 0.846. The molecule has 92 valence electrons. The van der Waals surface area contributed by atoms with Crippen LogP contribution < -0.4 is 5.32 Å². The Morgan fingerprint density at radius 2 is 2.29 bits per heavy atom. The Hall–Kier alpha value is -1.31. The van der Waals surface area contributed by atoms with Crippen LogP contribution in [-0.2, 0) is 0 Å². The van der Waals surface area contributed by atoms with E-state index in [1.54, 1.807) is 12.3 Å². The van der Waals surface area contributed by atoms with Crippen molar-refractivity contribution in [2.24, 2.45) is 5.41 Å². The number of anilines is 1. The van der Waals surface area contributed by atoms with Crippen LogP contribution >= 0.6 is 11.6 Å². The molecule has 1 heterocycles. The van der Waals surface area contributed by atoms with E-state index in [0.29, 0.717) is 29.4 Å². The number of aliphatic hydroxyl groups is 1. The van der Waals surface area contributed by atoms with Crippen LogP contribution in [0.5, 0.6) is 0 Å². The second kappa shape index (κ2) is 5.85. The molecule has 5 heteroatoms. The summed E-state index contributed by atoms with van der Waals surface area (Å²) < 4.78 is 0. The number of aromatic nitrogens is 1. The van der Waals surface area contributed by atoms with Gasteiger partial charge in [-0.25, -0.2) is 4.98 Å². The molecule has 0 spiro atoms. The van der Waals surface area contributed by atoms with Gasteiger partial charge in [-0.3, -0.25) is 0 Å². The minimum absolute atomic E-state index is 0.0532. The number of hydrogen-bond donors (Lipinski definition) is 2. The molecule has 0 bridgehead atoms. The van der Waals surface area contributed by atoms with E-state index < -0.39 is 0 Å². The molecule has 0 atom stereocenters. The Labute approximate surface area is 106 Å². The maximum Gasteiger partial charge on any atom is 0.146 e. The molecule has 0 unspecified atom stereocenters. The average molecular weight is 254 g/mol. The predicted octanol–water partition coefficient (Wildman–Crippen LogP) is 2.43. The Morgan fingerprint density at radius 1 is 1.59 bits per heavy atom. The van der Waals surface area contributed by atoms with E-state index in [-0.39, 0.29) is 12.0 Å². The number of aliphatic hydroxyl groups excluding tert-OH is 1. The van der Waals surface area contributed by atoms with Crippen molar-refractivity contribution >= 4 is 17.4 Å². The molecule has 0 amide bonds. The van der Waals surface area contributed by atoms with Gasteiger partial charge in [-0.2, -0.15) is 5.26 Å². The smallest absolute Gasteiger partial charge is 0.146 e. The van der Waals surface area contributed by atoms with Gasteiger partial charge in [-0.05, 0) is 17.9 Å². The zero-order valence-electron chi connectivity index (χ0n) is 10.00. The molecular weight excluding hydrogens is 238 g/mol. The van der Waals surface area contributed by atoms with Crippen LogP contribution in [0.15, 0.2) is 12.3 Å². The molecule has 1 aromatic heterocycles. The second-order valence-corrected chi connectivity index (χ2v) is 5.00. The van der Waals surface area contributed by atoms with Crippen molar-refractivity contribution in [1.82, 2.24) is 4.98 Å². The van der Waals surface area contributed by atoms with E-state index in [4.69, 9.17) is 22.0 Å². The molecule has 0 aliphatic heterocycles. The third kappa shape index (κ3) is 3.88. The molecule has 17 heavy (non-hydrogen) atoms. The zero-order valence-corrected chi connectivity index (χ0v) is 10.8. The van der Waals surface area contributed by atoms with Crippen LogP contribution in [0.25, 0.3) is 0 Å². The third-order valence-corrected chi connectivity index (χ3v) is 2.92. The highest BCUT2D eigenvalue weighted by Gasteiger charge is 2.18. The first-order valence-corrected chi connectivity index (χ1v) is 5.77. The van der Waals surface area contributed by atoms with Crippen molar-refractivity contribution < 1.29 is 5.11 Å². The highest BCUT2D eigenvalue weighted by atomic mass is 35.5. The number of halogens is 1. The van der Waals surface area contributed by atoms with Gasteiger partial charge in [0.15, 0.2) is 0 Å². The summed E-state index contributed by atoms with van der Waals surface area (Å²) in [5.41, 5.74) is 0.353. The van der Waals surface area contributed by atoms with E-state index in [1.807, 2.05) is 19.9 Å². The van der Waals surface area contributed by atoms with Gasteiger partial charge in [0.25, 0.3) is 0 Å². The molecule has 0 saturated heterocycles. The van der Waals surface area contributed by atoms with E-state index in [1.165, 1.54) is 0 Å². The SMILES string of the molecule is CC(C)(CCO)CNc1nccc(C#N)c1Cl. The van der Waals surface area contributed by atoms with Gasteiger partial charge in [-0.15, -0.1) is 0 Å². The van der Waals surface area contributed by atoms with Crippen LogP contribution in [0.4, 0.5) is 5.82 Å². The van der Waals surface area contributed by atoms with Crippen LogP contribution in [-0.4, -0.2) is 23.2 Å². The van der Waals surface area contributed by atoms with Gasteiger partial charge in [0.05, 0.1) is 5.56 Å². The van der Waals surface area contributed by atoms with E-state index >= 15 is 0 Å². The maximum absolute atomic E-state index is 8.92. The van der Waals surface area contributed by atoms with Crippen molar-refractivity contribution in [1.29, 1.82) is 5.26 Å². The molecule has 0 saturated carbocycles. The largest absolute Gasteiger partial charge is 0.396 e. The molecule has 0 radical (unpaired) electrons. The summed E-state index contributed by atoms with van der Waals surface area (Å²) in [5.74, 6) is 0.511. The average Bonchev–Trinajstić information content (AvgIpc) is 2.28. The van der Waals surface area contributed by atoms with Gasteiger partial charge in [0, 0.05) is 19.3 Å².